The fraction of sp³-hybridized carbons (Fsp3) is 0.150. The minimum Gasteiger partial charge on any atom is -0.266 e. The number of alkyl halides is 3. The summed E-state index contributed by atoms with van der Waals surface area (Å²) < 4.78 is 63.5. The zero-order valence-corrected chi connectivity index (χ0v) is 17.5. The van der Waals surface area contributed by atoms with E-state index in [1.54, 1.807) is 24.3 Å². The van der Waals surface area contributed by atoms with Crippen molar-refractivity contribution in [1.29, 1.82) is 5.26 Å². The van der Waals surface area contributed by atoms with Gasteiger partial charge in [0, 0.05) is 23.0 Å². The van der Waals surface area contributed by atoms with Crippen LogP contribution < -0.4 is 10.6 Å². The Morgan fingerprint density at radius 2 is 2.16 bits per heavy atom. The molecule has 0 aliphatic carbocycles. The van der Waals surface area contributed by atoms with E-state index in [0.717, 1.165) is 40.3 Å². The third kappa shape index (κ3) is 4.35. The number of nitriles is 1. The third-order valence-corrected chi connectivity index (χ3v) is 6.52. The number of aromatic nitrogens is 3. The Hall–Kier alpha value is -3.30. The molecule has 1 aliphatic heterocycles. The van der Waals surface area contributed by atoms with Crippen molar-refractivity contribution in [2.75, 3.05) is 12.0 Å². The Morgan fingerprint density at radius 1 is 1.31 bits per heavy atom. The van der Waals surface area contributed by atoms with Gasteiger partial charge in [-0.3, -0.25) is 9.80 Å². The lowest BCUT2D eigenvalue weighted by atomic mass is 10.1. The van der Waals surface area contributed by atoms with Gasteiger partial charge in [-0.15, -0.1) is 0 Å². The van der Waals surface area contributed by atoms with Crippen LogP contribution in [-0.4, -0.2) is 26.1 Å². The number of pyridine rings is 1. The van der Waals surface area contributed by atoms with Crippen LogP contribution in [0.5, 0.6) is 0 Å². The van der Waals surface area contributed by atoms with E-state index in [1.807, 2.05) is 0 Å². The van der Waals surface area contributed by atoms with Crippen molar-refractivity contribution < 1.29 is 17.3 Å². The molecule has 0 atom stereocenters. The average molecular weight is 478 g/mol. The van der Waals surface area contributed by atoms with Gasteiger partial charge < -0.3 is 0 Å². The number of fused-ring (bicyclic) bond motifs is 1. The highest BCUT2D eigenvalue weighted by Gasteiger charge is 2.31. The Morgan fingerprint density at radius 3 is 2.84 bits per heavy atom. The topological polar surface area (TPSA) is 87.2 Å². The van der Waals surface area contributed by atoms with Crippen molar-refractivity contribution in [1.82, 2.24) is 14.8 Å². The predicted octanol–water partition coefficient (Wildman–Crippen LogP) is 4.26. The van der Waals surface area contributed by atoms with Gasteiger partial charge >= 0.3 is 6.18 Å². The van der Waals surface area contributed by atoms with Crippen molar-refractivity contribution in [3.05, 3.63) is 75.8 Å². The molecular weight excluding hydrogens is 461 g/mol. The standard InChI is InChI=1S/C20H13F3N6OS2/c1-28-15-10-26-29(16-4-2-3-7-25-16)18(30)17(15)32-19(27-28)31-11-12-5-6-14(20(21,22)23)8-13(12)9-24/h2-8,10H,11H2,1H3/i1D3. The SMILES string of the molecule is [2H]C([2H])([2H])N1N=C(SCc2ccc(C(F)(F)F)cc2C#N)Sc2c1cnn(-c1ccccn1)c2=O. The van der Waals surface area contributed by atoms with E-state index in [9.17, 15) is 23.2 Å². The maximum atomic E-state index is 13.2. The molecule has 0 spiro atoms. The molecule has 1 aliphatic rings. The summed E-state index contributed by atoms with van der Waals surface area (Å²) in [6.45, 7) is -2.74. The molecule has 0 N–H and O–H groups in total. The molecule has 32 heavy (non-hydrogen) atoms. The largest absolute Gasteiger partial charge is 0.416 e. The van der Waals surface area contributed by atoms with Crippen molar-refractivity contribution in [2.45, 2.75) is 16.8 Å². The minimum absolute atomic E-state index is 0.0104. The van der Waals surface area contributed by atoms with Gasteiger partial charge in [-0.05, 0) is 29.8 Å². The van der Waals surface area contributed by atoms with Crippen LogP contribution in [0.25, 0.3) is 5.82 Å². The summed E-state index contributed by atoms with van der Waals surface area (Å²) in [4.78, 5) is 17.3. The molecule has 0 saturated heterocycles. The number of nitrogens with zero attached hydrogens (tertiary/aromatic N) is 6. The summed E-state index contributed by atoms with van der Waals surface area (Å²) in [7, 11) is 0. The third-order valence-electron chi connectivity index (χ3n) is 4.29. The first-order chi connectivity index (χ1) is 16.5. The van der Waals surface area contributed by atoms with Crippen LogP contribution >= 0.6 is 23.5 Å². The highest BCUT2D eigenvalue weighted by Crippen LogP contribution is 2.37. The number of halogens is 3. The molecule has 162 valence electrons. The van der Waals surface area contributed by atoms with Gasteiger partial charge in [0.15, 0.2) is 10.2 Å². The lowest BCUT2D eigenvalue weighted by Gasteiger charge is -2.23. The van der Waals surface area contributed by atoms with Gasteiger partial charge in [-0.2, -0.15) is 33.3 Å². The van der Waals surface area contributed by atoms with Gasteiger partial charge in [0.25, 0.3) is 5.56 Å². The fourth-order valence-corrected chi connectivity index (χ4v) is 4.79. The van der Waals surface area contributed by atoms with E-state index in [4.69, 9.17) is 4.11 Å². The fourth-order valence-electron chi connectivity index (χ4n) is 2.74. The van der Waals surface area contributed by atoms with Gasteiger partial charge in [0.05, 0.1) is 29.1 Å². The average Bonchev–Trinajstić information content (AvgIpc) is 2.82. The quantitative estimate of drug-likeness (QED) is 0.557. The number of hydrazone groups is 1. The monoisotopic (exact) mass is 477 g/mol. The lowest BCUT2D eigenvalue weighted by Crippen LogP contribution is -2.28. The number of anilines is 1. The summed E-state index contributed by atoms with van der Waals surface area (Å²) in [6.07, 6.45) is -1.91. The smallest absolute Gasteiger partial charge is 0.266 e. The van der Waals surface area contributed by atoms with Crippen molar-refractivity contribution in [3.63, 3.8) is 0 Å². The molecule has 0 amide bonds. The van der Waals surface area contributed by atoms with E-state index in [0.29, 0.717) is 10.6 Å². The van der Waals surface area contributed by atoms with Crippen LogP contribution in [0, 0.1) is 11.3 Å². The first-order valence-electron chi connectivity index (χ1n) is 10.3. The molecule has 1 aromatic carbocycles. The lowest BCUT2D eigenvalue weighted by molar-refractivity contribution is -0.137. The van der Waals surface area contributed by atoms with Gasteiger partial charge in [-0.1, -0.05) is 35.7 Å². The van der Waals surface area contributed by atoms with Crippen molar-refractivity contribution in [3.8, 4) is 11.9 Å². The number of hydrogen-bond donors (Lipinski definition) is 0. The minimum atomic E-state index is -4.59. The van der Waals surface area contributed by atoms with E-state index in [1.165, 1.54) is 18.5 Å². The summed E-state index contributed by atoms with van der Waals surface area (Å²) >= 11 is 1.90. The normalized spacial score (nSPS) is 15.1. The Kier molecular flexibility index (Phi) is 4.96. The highest BCUT2D eigenvalue weighted by atomic mass is 32.2. The number of hydrogen-bond acceptors (Lipinski definition) is 8. The summed E-state index contributed by atoms with van der Waals surface area (Å²) in [6, 6.07) is 9.46. The second-order valence-electron chi connectivity index (χ2n) is 6.31. The molecule has 0 bridgehead atoms. The number of rotatable bonds is 3. The molecule has 3 aromatic rings. The summed E-state index contributed by atoms with van der Waals surface area (Å²) in [5.41, 5.74) is -1.43. The number of thioether (sulfide) groups is 2. The molecule has 4 rings (SSSR count). The second kappa shape index (κ2) is 8.68. The van der Waals surface area contributed by atoms with Crippen LogP contribution in [0.2, 0.25) is 0 Å². The molecule has 0 fully saturated rings. The first kappa shape index (κ1) is 18.3. The van der Waals surface area contributed by atoms with Crippen LogP contribution in [0.1, 0.15) is 20.8 Å². The molecule has 12 heteroatoms. The zero-order valence-electron chi connectivity index (χ0n) is 18.9. The van der Waals surface area contributed by atoms with Crippen molar-refractivity contribution in [2.24, 2.45) is 5.10 Å². The maximum absolute atomic E-state index is 13.2. The van der Waals surface area contributed by atoms with E-state index in [-0.39, 0.29) is 32.1 Å². The van der Waals surface area contributed by atoms with E-state index in [2.05, 4.69) is 15.2 Å². The molecule has 2 aromatic heterocycles. The Bertz CT molecular complexity index is 1400. The van der Waals surface area contributed by atoms with Gasteiger partial charge in [-0.25, -0.2) is 4.98 Å². The molecule has 0 saturated carbocycles. The molecule has 3 heterocycles. The van der Waals surface area contributed by atoms with Crippen LogP contribution in [0.3, 0.4) is 0 Å². The summed E-state index contributed by atoms with van der Waals surface area (Å²) in [5, 5.41) is 18.1. The molecule has 0 radical (unpaired) electrons. The van der Waals surface area contributed by atoms with Crippen LogP contribution in [0.15, 0.2) is 63.6 Å². The Labute approximate surface area is 192 Å². The second-order valence-corrected chi connectivity index (χ2v) is 8.54. The molecule has 0 unspecified atom stereocenters. The van der Waals surface area contributed by atoms with Crippen molar-refractivity contribution >= 4 is 33.6 Å². The van der Waals surface area contributed by atoms with E-state index < -0.39 is 24.3 Å². The maximum Gasteiger partial charge on any atom is 0.416 e. The summed E-state index contributed by atoms with van der Waals surface area (Å²) in [5.74, 6) is 0.262. The van der Waals surface area contributed by atoms with Gasteiger partial charge in [0.2, 0.25) is 0 Å². The van der Waals surface area contributed by atoms with Crippen LogP contribution in [-0.2, 0) is 11.9 Å². The first-order valence-corrected chi connectivity index (χ1v) is 10.6. The van der Waals surface area contributed by atoms with E-state index >= 15 is 0 Å². The Balaban J connectivity index is 1.67. The zero-order chi connectivity index (χ0) is 25.4. The molecular formula is C20H13F3N6OS2. The predicted molar refractivity (Wildman–Crippen MR) is 117 cm³/mol. The molecule has 7 nitrogen and oxygen atoms in total. The number of benzene rings is 1. The van der Waals surface area contributed by atoms with Crippen LogP contribution in [0.4, 0.5) is 18.9 Å². The highest BCUT2D eigenvalue weighted by molar-refractivity contribution is 8.38. The van der Waals surface area contributed by atoms with Gasteiger partial charge in [0.1, 0.15) is 4.90 Å².